The molecule has 1 N–H and O–H groups in total. The quantitative estimate of drug-likeness (QED) is 0.870. The van der Waals surface area contributed by atoms with Crippen LogP contribution in [0.15, 0.2) is 42.5 Å². The van der Waals surface area contributed by atoms with Gasteiger partial charge in [0, 0.05) is 23.4 Å². The normalized spacial score (nSPS) is 17.5. The SMILES string of the molecule is Cc1ccc(C(=O)N2CCC(O)c3ccccc32)c(C)c1. The van der Waals surface area contributed by atoms with Gasteiger partial charge in [0.2, 0.25) is 0 Å². The van der Waals surface area contributed by atoms with Crippen molar-refractivity contribution in [2.75, 3.05) is 11.4 Å². The zero-order valence-electron chi connectivity index (χ0n) is 12.3. The molecule has 108 valence electrons. The average Bonchev–Trinajstić information content (AvgIpc) is 2.47. The summed E-state index contributed by atoms with van der Waals surface area (Å²) in [6, 6.07) is 13.5. The van der Waals surface area contributed by atoms with E-state index in [2.05, 4.69) is 0 Å². The molecule has 3 rings (SSSR count). The molecule has 0 bridgehead atoms. The number of nitrogens with zero attached hydrogens (tertiary/aromatic N) is 1. The van der Waals surface area contributed by atoms with Gasteiger partial charge in [0.1, 0.15) is 0 Å². The lowest BCUT2D eigenvalue weighted by Gasteiger charge is -2.32. The van der Waals surface area contributed by atoms with Crippen molar-refractivity contribution >= 4 is 11.6 Å². The number of anilines is 1. The number of hydrogen-bond acceptors (Lipinski definition) is 2. The third kappa shape index (κ3) is 2.45. The van der Waals surface area contributed by atoms with Crippen molar-refractivity contribution in [1.29, 1.82) is 0 Å². The predicted octanol–water partition coefficient (Wildman–Crippen LogP) is 3.39. The van der Waals surface area contributed by atoms with Crippen LogP contribution in [0, 0.1) is 13.8 Å². The van der Waals surface area contributed by atoms with Crippen LogP contribution in [0.3, 0.4) is 0 Å². The summed E-state index contributed by atoms with van der Waals surface area (Å²) in [5.41, 5.74) is 4.53. The average molecular weight is 281 g/mol. The minimum absolute atomic E-state index is 0.00634. The van der Waals surface area contributed by atoms with Gasteiger partial charge in [0.25, 0.3) is 5.91 Å². The molecule has 1 aliphatic heterocycles. The number of carbonyl (C=O) groups excluding carboxylic acids is 1. The Morgan fingerprint density at radius 1 is 1.19 bits per heavy atom. The summed E-state index contributed by atoms with van der Waals surface area (Å²) < 4.78 is 0. The van der Waals surface area contributed by atoms with Crippen LogP contribution in [0.2, 0.25) is 0 Å². The van der Waals surface area contributed by atoms with Gasteiger partial charge in [-0.15, -0.1) is 0 Å². The van der Waals surface area contributed by atoms with Gasteiger partial charge in [-0.25, -0.2) is 0 Å². The fourth-order valence-electron chi connectivity index (χ4n) is 2.95. The van der Waals surface area contributed by atoms with Crippen LogP contribution in [0.25, 0.3) is 0 Å². The van der Waals surface area contributed by atoms with Crippen LogP contribution < -0.4 is 4.90 Å². The Morgan fingerprint density at radius 3 is 2.71 bits per heavy atom. The molecule has 0 saturated heterocycles. The molecule has 0 fully saturated rings. The molecule has 0 radical (unpaired) electrons. The van der Waals surface area contributed by atoms with Gasteiger partial charge in [-0.1, -0.05) is 35.9 Å². The molecule has 1 aliphatic rings. The Labute approximate surface area is 124 Å². The highest BCUT2D eigenvalue weighted by Gasteiger charge is 2.28. The maximum Gasteiger partial charge on any atom is 0.258 e. The van der Waals surface area contributed by atoms with Crippen molar-refractivity contribution in [2.24, 2.45) is 0 Å². The van der Waals surface area contributed by atoms with Gasteiger partial charge >= 0.3 is 0 Å². The van der Waals surface area contributed by atoms with E-state index >= 15 is 0 Å². The van der Waals surface area contributed by atoms with E-state index in [-0.39, 0.29) is 5.91 Å². The topological polar surface area (TPSA) is 40.5 Å². The van der Waals surface area contributed by atoms with Crippen LogP contribution in [0.4, 0.5) is 5.69 Å². The van der Waals surface area contributed by atoms with Crippen LogP contribution >= 0.6 is 0 Å². The van der Waals surface area contributed by atoms with Crippen LogP contribution in [0.5, 0.6) is 0 Å². The smallest absolute Gasteiger partial charge is 0.258 e. The standard InChI is InChI=1S/C18H19NO2/c1-12-7-8-14(13(2)11-12)18(21)19-10-9-17(20)15-5-3-4-6-16(15)19/h3-8,11,17,20H,9-10H2,1-2H3. The summed E-state index contributed by atoms with van der Waals surface area (Å²) in [6.07, 6.45) is 0.0950. The van der Waals surface area contributed by atoms with E-state index in [9.17, 15) is 9.90 Å². The molecule has 3 heteroatoms. The number of aliphatic hydroxyl groups excluding tert-OH is 1. The van der Waals surface area contributed by atoms with E-state index in [0.717, 1.165) is 27.9 Å². The van der Waals surface area contributed by atoms with Crippen LogP contribution in [-0.2, 0) is 0 Å². The van der Waals surface area contributed by atoms with Crippen molar-refractivity contribution in [3.05, 3.63) is 64.7 Å². The fourth-order valence-corrected chi connectivity index (χ4v) is 2.95. The minimum atomic E-state index is -0.482. The number of aryl methyl sites for hydroxylation is 2. The molecule has 1 amide bonds. The number of fused-ring (bicyclic) bond motifs is 1. The summed E-state index contributed by atoms with van der Waals surface area (Å²) in [4.78, 5) is 14.6. The number of benzene rings is 2. The summed E-state index contributed by atoms with van der Waals surface area (Å²) in [6.45, 7) is 4.53. The molecule has 1 heterocycles. The first-order chi connectivity index (χ1) is 10.1. The molecule has 2 aromatic carbocycles. The lowest BCUT2D eigenvalue weighted by Crippen LogP contribution is -2.37. The van der Waals surface area contributed by atoms with E-state index in [1.807, 2.05) is 56.3 Å². The number of rotatable bonds is 1. The second kappa shape index (κ2) is 5.34. The van der Waals surface area contributed by atoms with Gasteiger partial charge in [0.05, 0.1) is 6.10 Å². The van der Waals surface area contributed by atoms with E-state index in [1.165, 1.54) is 0 Å². The lowest BCUT2D eigenvalue weighted by atomic mass is 9.97. The highest BCUT2D eigenvalue weighted by molar-refractivity contribution is 6.07. The fraction of sp³-hybridized carbons (Fsp3) is 0.278. The third-order valence-corrected chi connectivity index (χ3v) is 4.07. The van der Waals surface area contributed by atoms with Gasteiger partial charge in [-0.3, -0.25) is 4.79 Å². The van der Waals surface area contributed by atoms with Crippen LogP contribution in [0.1, 0.15) is 39.6 Å². The molecular formula is C18H19NO2. The largest absolute Gasteiger partial charge is 0.388 e. The highest BCUT2D eigenvalue weighted by atomic mass is 16.3. The van der Waals surface area contributed by atoms with Gasteiger partial charge < -0.3 is 10.0 Å². The minimum Gasteiger partial charge on any atom is -0.388 e. The molecule has 1 atom stereocenters. The van der Waals surface area contributed by atoms with E-state index in [1.54, 1.807) is 4.90 Å². The van der Waals surface area contributed by atoms with Crippen molar-refractivity contribution in [2.45, 2.75) is 26.4 Å². The monoisotopic (exact) mass is 281 g/mol. The molecule has 0 aliphatic carbocycles. The molecular weight excluding hydrogens is 262 g/mol. The van der Waals surface area contributed by atoms with Crippen molar-refractivity contribution in [1.82, 2.24) is 0 Å². The number of amides is 1. The molecule has 0 spiro atoms. The van der Waals surface area contributed by atoms with E-state index < -0.39 is 6.10 Å². The molecule has 0 saturated carbocycles. The molecule has 1 unspecified atom stereocenters. The van der Waals surface area contributed by atoms with Crippen molar-refractivity contribution < 1.29 is 9.90 Å². The van der Waals surface area contributed by atoms with Crippen molar-refractivity contribution in [3.8, 4) is 0 Å². The van der Waals surface area contributed by atoms with Crippen LogP contribution in [-0.4, -0.2) is 17.6 Å². The Hall–Kier alpha value is -2.13. The van der Waals surface area contributed by atoms with Gasteiger partial charge in [0.15, 0.2) is 0 Å². The molecule has 2 aromatic rings. The highest BCUT2D eigenvalue weighted by Crippen LogP contribution is 2.34. The maximum atomic E-state index is 12.8. The van der Waals surface area contributed by atoms with E-state index in [0.29, 0.717) is 13.0 Å². The summed E-state index contributed by atoms with van der Waals surface area (Å²) in [7, 11) is 0. The zero-order valence-corrected chi connectivity index (χ0v) is 12.3. The number of para-hydroxylation sites is 1. The third-order valence-electron chi connectivity index (χ3n) is 4.07. The van der Waals surface area contributed by atoms with Gasteiger partial charge in [-0.05, 0) is 38.0 Å². The molecule has 0 aromatic heterocycles. The van der Waals surface area contributed by atoms with Gasteiger partial charge in [-0.2, -0.15) is 0 Å². The first kappa shape index (κ1) is 13.8. The summed E-state index contributed by atoms with van der Waals surface area (Å²) >= 11 is 0. The first-order valence-corrected chi connectivity index (χ1v) is 7.24. The second-order valence-corrected chi connectivity index (χ2v) is 5.64. The number of aliphatic hydroxyl groups is 1. The Morgan fingerprint density at radius 2 is 1.95 bits per heavy atom. The predicted molar refractivity (Wildman–Crippen MR) is 83.6 cm³/mol. The molecule has 21 heavy (non-hydrogen) atoms. The Bertz CT molecular complexity index is 693. The Balaban J connectivity index is 2.01. The maximum absolute atomic E-state index is 12.8. The zero-order chi connectivity index (χ0) is 15.0. The Kier molecular flexibility index (Phi) is 3.52. The summed E-state index contributed by atoms with van der Waals surface area (Å²) in [5, 5.41) is 10.1. The first-order valence-electron chi connectivity index (χ1n) is 7.24. The second-order valence-electron chi connectivity index (χ2n) is 5.64. The lowest BCUT2D eigenvalue weighted by molar-refractivity contribution is 0.0970. The number of hydrogen-bond donors (Lipinski definition) is 1. The molecule has 3 nitrogen and oxygen atoms in total. The summed E-state index contributed by atoms with van der Waals surface area (Å²) in [5.74, 6) is 0.00634. The van der Waals surface area contributed by atoms with E-state index in [4.69, 9.17) is 0 Å². The number of carbonyl (C=O) groups is 1. The van der Waals surface area contributed by atoms with Crippen molar-refractivity contribution in [3.63, 3.8) is 0 Å².